The molecule has 0 unspecified atom stereocenters. The highest BCUT2D eigenvalue weighted by Crippen LogP contribution is 2.33. The Bertz CT molecular complexity index is 1470. The number of aromatic amines is 2. The van der Waals surface area contributed by atoms with Crippen molar-refractivity contribution in [3.05, 3.63) is 46.9 Å². The summed E-state index contributed by atoms with van der Waals surface area (Å²) in [6.07, 6.45) is 0.709. The maximum atomic E-state index is 13.2. The van der Waals surface area contributed by atoms with Crippen LogP contribution in [0.15, 0.2) is 51.0 Å². The van der Waals surface area contributed by atoms with E-state index in [1.54, 1.807) is 6.07 Å². The van der Waals surface area contributed by atoms with Crippen LogP contribution in [-0.2, 0) is 20.0 Å². The van der Waals surface area contributed by atoms with Crippen LogP contribution in [0.25, 0.3) is 11.0 Å². The van der Waals surface area contributed by atoms with Crippen LogP contribution >= 0.6 is 0 Å². The average molecular weight is 495 g/mol. The van der Waals surface area contributed by atoms with Gasteiger partial charge in [0, 0.05) is 38.7 Å². The highest BCUT2D eigenvalue weighted by atomic mass is 32.2. The number of nitrogens with zero attached hydrogens (tertiary/aromatic N) is 2. The van der Waals surface area contributed by atoms with Crippen LogP contribution in [0.2, 0.25) is 0 Å². The van der Waals surface area contributed by atoms with E-state index in [1.807, 2.05) is 0 Å². The molecule has 1 saturated heterocycles. The monoisotopic (exact) mass is 494 g/mol. The van der Waals surface area contributed by atoms with E-state index in [4.69, 9.17) is 9.47 Å². The van der Waals surface area contributed by atoms with Crippen molar-refractivity contribution in [3.8, 4) is 11.5 Å². The second-order valence-electron chi connectivity index (χ2n) is 7.75. The molecule has 1 fully saturated rings. The minimum absolute atomic E-state index is 0.00775. The fourth-order valence-corrected chi connectivity index (χ4v) is 6.81. The van der Waals surface area contributed by atoms with Gasteiger partial charge in [0.15, 0.2) is 11.5 Å². The van der Waals surface area contributed by atoms with E-state index in [0.717, 1.165) is 0 Å². The summed E-state index contributed by atoms with van der Waals surface area (Å²) in [5.74, 6) is 0.885. The van der Waals surface area contributed by atoms with E-state index in [0.29, 0.717) is 42.2 Å². The Balaban J connectivity index is 1.33. The molecule has 33 heavy (non-hydrogen) atoms. The first-order valence-electron chi connectivity index (χ1n) is 10.4. The summed E-state index contributed by atoms with van der Waals surface area (Å²) in [6, 6.07) is 8.83. The van der Waals surface area contributed by atoms with Gasteiger partial charge in [-0.15, -0.1) is 0 Å². The third kappa shape index (κ3) is 4.01. The highest BCUT2D eigenvalue weighted by Gasteiger charge is 2.34. The van der Waals surface area contributed by atoms with Crippen LogP contribution in [0.1, 0.15) is 6.42 Å². The fourth-order valence-electron chi connectivity index (χ4n) is 3.92. The van der Waals surface area contributed by atoms with Crippen molar-refractivity contribution in [3.63, 3.8) is 0 Å². The topological polar surface area (TPSA) is 142 Å². The van der Waals surface area contributed by atoms with Crippen molar-refractivity contribution in [2.24, 2.45) is 0 Å². The van der Waals surface area contributed by atoms with Crippen LogP contribution in [-0.4, -0.2) is 74.8 Å². The summed E-state index contributed by atoms with van der Waals surface area (Å²) in [5, 5.41) is 0. The van der Waals surface area contributed by atoms with E-state index < -0.39 is 25.7 Å². The molecule has 5 rings (SSSR count). The SMILES string of the molecule is O=c1[nH]c2ccc(S(=O)(=O)N3CCN(S(=O)(=O)c4ccc5c(c4)OCCCO5)CC3)cc2[nH]1. The van der Waals surface area contributed by atoms with Crippen molar-refractivity contribution in [2.45, 2.75) is 16.2 Å². The third-order valence-corrected chi connectivity index (χ3v) is 9.47. The van der Waals surface area contributed by atoms with Crippen molar-refractivity contribution in [1.29, 1.82) is 0 Å². The van der Waals surface area contributed by atoms with E-state index in [-0.39, 0.29) is 36.0 Å². The summed E-state index contributed by atoms with van der Waals surface area (Å²) in [4.78, 5) is 16.7. The molecular weight excluding hydrogens is 472 g/mol. The lowest BCUT2D eigenvalue weighted by molar-refractivity contribution is 0.272. The van der Waals surface area contributed by atoms with Crippen molar-refractivity contribution in [2.75, 3.05) is 39.4 Å². The number of imidazole rings is 1. The maximum absolute atomic E-state index is 13.2. The Morgan fingerprint density at radius 1 is 0.697 bits per heavy atom. The van der Waals surface area contributed by atoms with E-state index in [9.17, 15) is 21.6 Å². The first-order valence-corrected chi connectivity index (χ1v) is 13.3. The molecule has 0 saturated carbocycles. The zero-order chi connectivity index (χ0) is 23.2. The molecule has 176 valence electrons. The van der Waals surface area contributed by atoms with Gasteiger partial charge in [0.25, 0.3) is 0 Å². The van der Waals surface area contributed by atoms with E-state index in [2.05, 4.69) is 9.97 Å². The number of nitrogens with one attached hydrogen (secondary N) is 2. The van der Waals surface area contributed by atoms with Gasteiger partial charge in [-0.25, -0.2) is 21.6 Å². The highest BCUT2D eigenvalue weighted by molar-refractivity contribution is 7.89. The molecule has 1 aromatic heterocycles. The van der Waals surface area contributed by atoms with Crippen molar-refractivity contribution < 1.29 is 26.3 Å². The Kier molecular flexibility index (Phi) is 5.43. The lowest BCUT2D eigenvalue weighted by Crippen LogP contribution is -2.50. The molecule has 3 heterocycles. The first kappa shape index (κ1) is 21.9. The number of benzene rings is 2. The Morgan fingerprint density at radius 2 is 1.24 bits per heavy atom. The third-order valence-electron chi connectivity index (χ3n) is 5.68. The molecule has 3 aromatic rings. The van der Waals surface area contributed by atoms with Gasteiger partial charge in [0.05, 0.1) is 34.0 Å². The molecule has 0 radical (unpaired) electrons. The molecule has 2 aromatic carbocycles. The number of hydrogen-bond donors (Lipinski definition) is 2. The minimum atomic E-state index is -3.85. The number of rotatable bonds is 4. The van der Waals surface area contributed by atoms with Crippen molar-refractivity contribution >= 4 is 31.1 Å². The summed E-state index contributed by atoms with van der Waals surface area (Å²) < 4.78 is 66.1. The Morgan fingerprint density at radius 3 is 1.91 bits per heavy atom. The van der Waals surface area contributed by atoms with Gasteiger partial charge in [-0.1, -0.05) is 0 Å². The van der Waals surface area contributed by atoms with Gasteiger partial charge in [-0.3, -0.25) is 0 Å². The number of sulfonamides is 2. The quantitative estimate of drug-likeness (QED) is 0.544. The average Bonchev–Trinajstić information content (AvgIpc) is 3.02. The van der Waals surface area contributed by atoms with Gasteiger partial charge >= 0.3 is 5.69 Å². The molecule has 0 bridgehead atoms. The summed E-state index contributed by atoms with van der Waals surface area (Å²) in [6.45, 7) is 0.984. The first-order chi connectivity index (χ1) is 15.7. The number of fused-ring (bicyclic) bond motifs is 2. The smallest absolute Gasteiger partial charge is 0.323 e. The molecule has 0 amide bonds. The normalized spacial score (nSPS) is 18.3. The maximum Gasteiger partial charge on any atom is 0.323 e. The van der Waals surface area contributed by atoms with Crippen LogP contribution < -0.4 is 15.2 Å². The zero-order valence-corrected chi connectivity index (χ0v) is 19.1. The van der Waals surface area contributed by atoms with Gasteiger partial charge in [-0.2, -0.15) is 8.61 Å². The molecule has 0 atom stereocenters. The molecule has 13 heteroatoms. The van der Waals surface area contributed by atoms with Crippen LogP contribution in [0.4, 0.5) is 0 Å². The molecule has 0 aliphatic carbocycles. The predicted molar refractivity (Wildman–Crippen MR) is 118 cm³/mol. The largest absolute Gasteiger partial charge is 0.490 e. The summed E-state index contributed by atoms with van der Waals surface area (Å²) >= 11 is 0. The lowest BCUT2D eigenvalue weighted by atomic mass is 10.3. The molecule has 2 aliphatic heterocycles. The zero-order valence-electron chi connectivity index (χ0n) is 17.5. The summed E-state index contributed by atoms with van der Waals surface area (Å²) in [5.41, 5.74) is 0.467. The van der Waals surface area contributed by atoms with Crippen molar-refractivity contribution in [1.82, 2.24) is 18.6 Å². The molecular formula is C20H22N4O7S2. The van der Waals surface area contributed by atoms with E-state index in [1.165, 1.54) is 38.9 Å². The van der Waals surface area contributed by atoms with Gasteiger partial charge in [0.2, 0.25) is 20.0 Å². The van der Waals surface area contributed by atoms with E-state index >= 15 is 0 Å². The predicted octanol–water partition coefficient (Wildman–Crippen LogP) is 0.713. The van der Waals surface area contributed by atoms with Gasteiger partial charge < -0.3 is 19.4 Å². The Labute approximate surface area is 190 Å². The lowest BCUT2D eigenvalue weighted by Gasteiger charge is -2.33. The number of piperazine rings is 1. The van der Waals surface area contributed by atoms with Crippen LogP contribution in [0, 0.1) is 0 Å². The molecule has 0 spiro atoms. The number of H-pyrrole nitrogens is 2. The standard InChI is InChI=1S/C20H22N4O7S2/c25-20-21-16-4-2-14(12-17(16)22-20)32(26,27)23-6-8-24(9-7-23)33(28,29)15-3-5-18-19(13-15)31-11-1-10-30-18/h2-5,12-13H,1,6-11H2,(H2,21,22,25). The minimum Gasteiger partial charge on any atom is -0.490 e. The Hall–Kier alpha value is -2.87. The summed E-state index contributed by atoms with van der Waals surface area (Å²) in [7, 11) is -7.69. The molecule has 2 N–H and O–H groups in total. The molecule has 11 nitrogen and oxygen atoms in total. The number of aromatic nitrogens is 2. The van der Waals surface area contributed by atoms with Crippen LogP contribution in [0.3, 0.4) is 0 Å². The van der Waals surface area contributed by atoms with Crippen LogP contribution in [0.5, 0.6) is 11.5 Å². The second kappa shape index (κ2) is 8.17. The van der Waals surface area contributed by atoms with Gasteiger partial charge in [0.1, 0.15) is 0 Å². The number of hydrogen-bond acceptors (Lipinski definition) is 7. The van der Waals surface area contributed by atoms with Gasteiger partial charge in [-0.05, 0) is 30.3 Å². The second-order valence-corrected chi connectivity index (χ2v) is 11.6. The number of ether oxygens (including phenoxy) is 2. The fraction of sp³-hybridized carbons (Fsp3) is 0.350. The molecule has 2 aliphatic rings.